The smallest absolute Gasteiger partial charge is 0.237 e. The number of benzene rings is 2. The summed E-state index contributed by atoms with van der Waals surface area (Å²) in [6.45, 7) is 17.9. The molecule has 2 aromatic carbocycles. The molecule has 2 amide bonds. The van der Waals surface area contributed by atoms with Crippen LogP contribution in [-0.4, -0.2) is 84.5 Å². The monoisotopic (exact) mass is 702 g/mol. The third-order valence-electron chi connectivity index (χ3n) is 9.31. The summed E-state index contributed by atoms with van der Waals surface area (Å²) in [5, 5.41) is 0.961. The molecule has 2 heterocycles. The van der Waals surface area contributed by atoms with Gasteiger partial charge < -0.3 is 20.3 Å². The van der Waals surface area contributed by atoms with Gasteiger partial charge in [-0.3, -0.25) is 14.5 Å². The highest BCUT2D eigenvalue weighted by Gasteiger charge is 2.41. The van der Waals surface area contributed by atoms with Crippen molar-refractivity contribution in [1.82, 2.24) is 14.7 Å². The van der Waals surface area contributed by atoms with Crippen LogP contribution in [0.3, 0.4) is 0 Å². The van der Waals surface area contributed by atoms with Gasteiger partial charge in [0.25, 0.3) is 0 Å². The lowest BCUT2D eigenvalue weighted by atomic mass is 9.87. The molecule has 0 saturated carbocycles. The number of rotatable bonds is 10. The summed E-state index contributed by atoms with van der Waals surface area (Å²) in [4.78, 5) is 32.3. The van der Waals surface area contributed by atoms with Crippen molar-refractivity contribution in [2.45, 2.75) is 77.4 Å². The maximum atomic E-state index is 13.8. The average molecular weight is 705 g/mol. The summed E-state index contributed by atoms with van der Waals surface area (Å²) < 4.78 is 6.58. The van der Waals surface area contributed by atoms with Gasteiger partial charge in [-0.1, -0.05) is 75.2 Å². The van der Waals surface area contributed by atoms with Crippen molar-refractivity contribution in [3.8, 4) is 0 Å². The van der Waals surface area contributed by atoms with Crippen LogP contribution >= 0.6 is 48.0 Å². The van der Waals surface area contributed by atoms with Crippen LogP contribution in [0.25, 0.3) is 0 Å². The number of nitrogens with zero attached hydrogens (tertiary/aromatic N) is 3. The molecule has 0 spiro atoms. The molecular formula is C34H50Cl4N4O3. The number of hydrogen-bond acceptors (Lipinski definition) is 5. The minimum absolute atomic E-state index is 0. The van der Waals surface area contributed by atoms with Crippen LogP contribution in [-0.2, 0) is 26.3 Å². The van der Waals surface area contributed by atoms with E-state index in [-0.39, 0.29) is 36.6 Å². The van der Waals surface area contributed by atoms with E-state index in [1.807, 2.05) is 30.9 Å². The van der Waals surface area contributed by atoms with E-state index in [0.29, 0.717) is 54.4 Å². The second kappa shape index (κ2) is 16.5. The van der Waals surface area contributed by atoms with Crippen LogP contribution in [0.15, 0.2) is 36.4 Å². The van der Waals surface area contributed by atoms with Gasteiger partial charge in [0.05, 0.1) is 35.2 Å². The first-order valence-corrected chi connectivity index (χ1v) is 16.3. The van der Waals surface area contributed by atoms with E-state index in [0.717, 1.165) is 43.9 Å². The first-order chi connectivity index (χ1) is 20.2. The lowest BCUT2D eigenvalue weighted by Gasteiger charge is -2.46. The average Bonchev–Trinajstić information content (AvgIpc) is 2.97. The number of nitrogens with two attached hydrogens (primary N) is 1. The number of hydrogen-bond donors (Lipinski definition) is 1. The van der Waals surface area contributed by atoms with Gasteiger partial charge in [0.15, 0.2) is 0 Å². The quantitative estimate of drug-likeness (QED) is 0.300. The summed E-state index contributed by atoms with van der Waals surface area (Å²) in [6, 6.07) is 12.3. The number of piperazine rings is 1. The van der Waals surface area contributed by atoms with Gasteiger partial charge in [0.2, 0.25) is 11.8 Å². The zero-order chi connectivity index (χ0) is 31.5. The molecule has 0 bridgehead atoms. The standard InChI is InChI=1S/C34H48Cl2N4O3.2ClH/c1-23(2)26-17-25(18-27(20-26)24(3)4)19-31(41)39-15-16-43-34(22-39,28-7-8-29(35)30(36)21-28)9-10-38-11-13-40(14-12-38)33(5,6)32(37)42;;/h7-8,17-18,20-21,23-24H,9-16,19,22H2,1-6H3,(H2,37,42);2*1H. The predicted molar refractivity (Wildman–Crippen MR) is 189 cm³/mol. The highest BCUT2D eigenvalue weighted by Crippen LogP contribution is 2.37. The van der Waals surface area contributed by atoms with Gasteiger partial charge >= 0.3 is 0 Å². The molecule has 1 unspecified atom stereocenters. The maximum absolute atomic E-state index is 13.8. The summed E-state index contributed by atoms with van der Waals surface area (Å²) in [6.07, 6.45) is 1.05. The van der Waals surface area contributed by atoms with Crippen LogP contribution in [0.4, 0.5) is 0 Å². The van der Waals surface area contributed by atoms with Crippen molar-refractivity contribution in [3.05, 3.63) is 68.7 Å². The van der Waals surface area contributed by atoms with Crippen molar-refractivity contribution in [1.29, 1.82) is 0 Å². The number of primary amides is 1. The van der Waals surface area contributed by atoms with E-state index in [2.05, 4.69) is 55.7 Å². The largest absolute Gasteiger partial charge is 0.368 e. The Labute approximate surface area is 291 Å². The lowest BCUT2D eigenvalue weighted by Crippen LogP contribution is -2.60. The Balaban J connectivity index is 0.00000353. The molecule has 7 nitrogen and oxygen atoms in total. The van der Waals surface area contributed by atoms with Gasteiger partial charge in [-0.05, 0) is 66.5 Å². The van der Waals surface area contributed by atoms with E-state index in [4.69, 9.17) is 33.7 Å². The molecule has 0 radical (unpaired) electrons. The number of carbonyl (C=O) groups excluding carboxylic acids is 2. The number of halogens is 4. The molecule has 4 rings (SSSR count). The Hall–Kier alpha value is -1.58. The molecular weight excluding hydrogens is 654 g/mol. The topological polar surface area (TPSA) is 79.1 Å². The van der Waals surface area contributed by atoms with Crippen molar-refractivity contribution >= 4 is 59.8 Å². The fraction of sp³-hybridized carbons (Fsp3) is 0.588. The molecule has 0 aliphatic carbocycles. The van der Waals surface area contributed by atoms with Gasteiger partial charge in [-0.2, -0.15) is 0 Å². The summed E-state index contributed by atoms with van der Waals surface area (Å²) in [5.41, 5.74) is 8.79. The lowest BCUT2D eigenvalue weighted by molar-refractivity contribution is -0.154. The number of amides is 2. The van der Waals surface area contributed by atoms with Gasteiger partial charge in [0, 0.05) is 39.3 Å². The highest BCUT2D eigenvalue weighted by molar-refractivity contribution is 6.42. The summed E-state index contributed by atoms with van der Waals surface area (Å²) >= 11 is 12.8. The van der Waals surface area contributed by atoms with E-state index in [1.54, 1.807) is 6.07 Å². The minimum Gasteiger partial charge on any atom is -0.368 e. The Bertz CT molecular complexity index is 1290. The molecule has 2 aliphatic heterocycles. The third kappa shape index (κ3) is 9.50. The van der Waals surface area contributed by atoms with Gasteiger partial charge in [0.1, 0.15) is 5.60 Å². The van der Waals surface area contributed by atoms with Crippen LogP contribution in [0, 0.1) is 0 Å². The second-order valence-corrected chi connectivity index (χ2v) is 14.1. The summed E-state index contributed by atoms with van der Waals surface area (Å²) in [5.74, 6) is 0.575. The van der Waals surface area contributed by atoms with E-state index >= 15 is 0 Å². The molecule has 0 aromatic heterocycles. The SMILES string of the molecule is CC(C)c1cc(CC(=O)N2CCOC(CCN3CCN(C(C)(C)C(N)=O)CC3)(c3ccc(Cl)c(Cl)c3)C2)cc(C(C)C)c1.Cl.Cl. The third-order valence-corrected chi connectivity index (χ3v) is 10.0. The molecule has 2 aliphatic rings. The summed E-state index contributed by atoms with van der Waals surface area (Å²) in [7, 11) is 0. The minimum atomic E-state index is -0.714. The van der Waals surface area contributed by atoms with E-state index in [9.17, 15) is 9.59 Å². The zero-order valence-corrected chi connectivity index (χ0v) is 30.6. The van der Waals surface area contributed by atoms with E-state index in [1.165, 1.54) is 11.1 Å². The molecule has 2 fully saturated rings. The zero-order valence-electron chi connectivity index (χ0n) is 27.4. The molecule has 2 aromatic rings. The fourth-order valence-corrected chi connectivity index (χ4v) is 6.37. The Kier molecular flexibility index (Phi) is 14.5. The van der Waals surface area contributed by atoms with E-state index < -0.39 is 11.1 Å². The second-order valence-electron chi connectivity index (χ2n) is 13.3. The van der Waals surface area contributed by atoms with Crippen LogP contribution < -0.4 is 5.73 Å². The normalized spacial score (nSPS) is 19.7. The number of ether oxygens (including phenoxy) is 1. The van der Waals surface area contributed by atoms with Crippen molar-refractivity contribution in [2.75, 3.05) is 52.4 Å². The Morgan fingerprint density at radius 1 is 0.911 bits per heavy atom. The molecule has 2 saturated heterocycles. The Morgan fingerprint density at radius 3 is 2.04 bits per heavy atom. The first-order valence-electron chi connectivity index (χ1n) is 15.5. The molecule has 1 atom stereocenters. The highest BCUT2D eigenvalue weighted by atomic mass is 35.5. The fourth-order valence-electron chi connectivity index (χ4n) is 6.07. The van der Waals surface area contributed by atoms with Crippen LogP contribution in [0.5, 0.6) is 0 Å². The Morgan fingerprint density at radius 2 is 1.51 bits per heavy atom. The molecule has 45 heavy (non-hydrogen) atoms. The van der Waals surface area contributed by atoms with Crippen molar-refractivity contribution in [3.63, 3.8) is 0 Å². The van der Waals surface area contributed by atoms with Crippen LogP contribution in [0.2, 0.25) is 10.0 Å². The number of morpholine rings is 1. The van der Waals surface area contributed by atoms with Gasteiger partial charge in [-0.25, -0.2) is 0 Å². The van der Waals surface area contributed by atoms with Gasteiger partial charge in [-0.15, -0.1) is 24.8 Å². The van der Waals surface area contributed by atoms with Crippen LogP contribution in [0.1, 0.15) is 82.1 Å². The van der Waals surface area contributed by atoms with Crippen molar-refractivity contribution in [2.24, 2.45) is 5.73 Å². The maximum Gasteiger partial charge on any atom is 0.237 e. The predicted octanol–water partition coefficient (Wildman–Crippen LogP) is 6.65. The first kappa shape index (κ1) is 39.6. The molecule has 2 N–H and O–H groups in total. The number of carbonyl (C=O) groups is 2. The molecule has 252 valence electrons. The molecule has 11 heteroatoms. The van der Waals surface area contributed by atoms with Crippen molar-refractivity contribution < 1.29 is 14.3 Å².